The zero-order valence-corrected chi connectivity index (χ0v) is 26.7. The third-order valence-electron chi connectivity index (χ3n) is 8.76. The summed E-state index contributed by atoms with van der Waals surface area (Å²) in [6.45, 7) is 9.43. The van der Waals surface area contributed by atoms with E-state index >= 15 is 0 Å². The van der Waals surface area contributed by atoms with Crippen molar-refractivity contribution >= 4 is 11.8 Å². The summed E-state index contributed by atoms with van der Waals surface area (Å²) in [5.41, 5.74) is 3.70. The summed E-state index contributed by atoms with van der Waals surface area (Å²) in [6, 6.07) is 10.8. The summed E-state index contributed by atoms with van der Waals surface area (Å²) in [7, 11) is 0. The molecule has 2 amide bonds. The van der Waals surface area contributed by atoms with Gasteiger partial charge in [-0.05, 0) is 74.2 Å². The Hall–Kier alpha value is -3.57. The molecule has 2 aromatic rings. The fourth-order valence-corrected chi connectivity index (χ4v) is 6.59. The fourth-order valence-electron chi connectivity index (χ4n) is 6.59. The highest BCUT2D eigenvalue weighted by Crippen LogP contribution is 2.32. The molecule has 0 bridgehead atoms. The molecule has 5 atom stereocenters. The Morgan fingerprint density at radius 1 is 1.16 bits per heavy atom. The highest BCUT2D eigenvalue weighted by Gasteiger charge is 2.37. The SMILES string of the molecule is CC(C)(C)NC(=O)[C@@H]1CN(Cc2cccnc2)CCN1C[C@@H](O)C[C@H](CC1=CCNC=C1)C(=O)N[C@H]1c2ccccc2C[C@H]1O. The molecule has 1 aromatic heterocycles. The third kappa shape index (κ3) is 9.00. The Bertz CT molecular complexity index is 1370. The Morgan fingerprint density at radius 2 is 1.98 bits per heavy atom. The average molecular weight is 617 g/mol. The molecule has 3 aliphatic rings. The highest BCUT2D eigenvalue weighted by atomic mass is 16.3. The molecule has 242 valence electrons. The number of rotatable bonds is 11. The number of carbonyl (C=O) groups is 2. The van der Waals surface area contributed by atoms with E-state index in [1.54, 1.807) is 6.20 Å². The lowest BCUT2D eigenvalue weighted by atomic mass is 9.90. The molecule has 1 fully saturated rings. The number of piperazine rings is 1. The van der Waals surface area contributed by atoms with Crippen molar-refractivity contribution in [2.45, 2.75) is 76.4 Å². The summed E-state index contributed by atoms with van der Waals surface area (Å²) in [5, 5.41) is 31.7. The topological polar surface area (TPSA) is 130 Å². The number of hydrogen-bond acceptors (Lipinski definition) is 8. The second kappa shape index (κ2) is 14.7. The lowest BCUT2D eigenvalue weighted by Crippen LogP contribution is -2.61. The molecule has 1 saturated heterocycles. The first-order valence-corrected chi connectivity index (χ1v) is 16.1. The third-order valence-corrected chi connectivity index (χ3v) is 8.76. The van der Waals surface area contributed by atoms with E-state index < -0.39 is 35.7 Å². The maximum absolute atomic E-state index is 13.8. The van der Waals surface area contributed by atoms with Crippen LogP contribution in [0.3, 0.4) is 0 Å². The number of aliphatic hydroxyl groups is 2. The number of aromatic nitrogens is 1. The smallest absolute Gasteiger partial charge is 0.239 e. The zero-order valence-electron chi connectivity index (χ0n) is 26.7. The minimum absolute atomic E-state index is 0.0706. The van der Waals surface area contributed by atoms with Gasteiger partial charge in [-0.15, -0.1) is 0 Å². The molecular formula is C35H48N6O4. The van der Waals surface area contributed by atoms with E-state index in [4.69, 9.17) is 0 Å². The van der Waals surface area contributed by atoms with E-state index in [1.807, 2.05) is 75.6 Å². The second-order valence-corrected chi connectivity index (χ2v) is 13.6. The standard InChI is InChI=1S/C35H48N6O4/c1-35(2,3)39-34(45)30-23-40(21-25-7-6-12-37-20-25)15-16-41(30)22-28(42)18-27(17-24-10-13-36-14-11-24)33(44)38-32-29-9-5-4-8-26(29)19-31(32)43/h4-13,20,27-28,30-32,36,42-43H,14-19,21-23H2,1-3H3,(H,38,44)(H,39,45)/t27-,28-,30-,31+,32-/m0/s1. The van der Waals surface area contributed by atoms with Crippen LogP contribution in [0.15, 0.2) is 72.7 Å². The van der Waals surface area contributed by atoms with Crippen LogP contribution in [0.4, 0.5) is 0 Å². The van der Waals surface area contributed by atoms with Crippen molar-refractivity contribution in [2.24, 2.45) is 5.92 Å². The van der Waals surface area contributed by atoms with Crippen molar-refractivity contribution in [3.05, 3.63) is 89.4 Å². The predicted octanol–water partition coefficient (Wildman–Crippen LogP) is 2.06. The number of nitrogens with one attached hydrogen (secondary N) is 3. The van der Waals surface area contributed by atoms with E-state index in [0.717, 1.165) is 28.8 Å². The molecule has 0 spiro atoms. The normalized spacial score (nSPS) is 23.4. The Labute approximate surface area is 266 Å². The van der Waals surface area contributed by atoms with Crippen molar-refractivity contribution in [1.82, 2.24) is 30.7 Å². The first-order chi connectivity index (χ1) is 21.6. The van der Waals surface area contributed by atoms with Gasteiger partial charge in [0.05, 0.1) is 18.2 Å². The van der Waals surface area contributed by atoms with Gasteiger partial charge in [0.2, 0.25) is 11.8 Å². The number of nitrogens with zero attached hydrogens (tertiary/aromatic N) is 3. The Kier molecular flexibility index (Phi) is 10.7. The van der Waals surface area contributed by atoms with Gasteiger partial charge >= 0.3 is 0 Å². The predicted molar refractivity (Wildman–Crippen MR) is 174 cm³/mol. The maximum Gasteiger partial charge on any atom is 0.239 e. The van der Waals surface area contributed by atoms with Crippen molar-refractivity contribution in [1.29, 1.82) is 0 Å². The molecule has 0 radical (unpaired) electrons. The van der Waals surface area contributed by atoms with E-state index in [9.17, 15) is 19.8 Å². The first kappa shape index (κ1) is 32.8. The van der Waals surface area contributed by atoms with Gasteiger partial charge in [0.1, 0.15) is 6.04 Å². The lowest BCUT2D eigenvalue weighted by Gasteiger charge is -2.42. The van der Waals surface area contributed by atoms with Gasteiger partial charge < -0.3 is 26.2 Å². The van der Waals surface area contributed by atoms with Gasteiger partial charge in [0.15, 0.2) is 0 Å². The molecule has 3 heterocycles. The largest absolute Gasteiger partial charge is 0.392 e. The number of carbonyl (C=O) groups excluding carboxylic acids is 2. The molecule has 10 heteroatoms. The summed E-state index contributed by atoms with van der Waals surface area (Å²) in [4.78, 5) is 35.9. The fraction of sp³-hybridized carbons (Fsp3) is 0.514. The highest BCUT2D eigenvalue weighted by molar-refractivity contribution is 5.83. The zero-order chi connectivity index (χ0) is 32.0. The van der Waals surface area contributed by atoms with Gasteiger partial charge in [-0.3, -0.25) is 24.4 Å². The van der Waals surface area contributed by atoms with Gasteiger partial charge in [-0.1, -0.05) is 36.4 Å². The van der Waals surface area contributed by atoms with Crippen molar-refractivity contribution in [2.75, 3.05) is 32.7 Å². The number of aliphatic hydroxyl groups excluding tert-OH is 2. The molecule has 5 N–H and O–H groups in total. The van der Waals surface area contributed by atoms with Crippen LogP contribution in [-0.2, 0) is 22.6 Å². The molecule has 0 unspecified atom stereocenters. The minimum atomic E-state index is -0.831. The average Bonchev–Trinajstić information content (AvgIpc) is 3.32. The van der Waals surface area contributed by atoms with Crippen molar-refractivity contribution < 1.29 is 19.8 Å². The number of amides is 2. The van der Waals surface area contributed by atoms with Gasteiger partial charge in [-0.2, -0.15) is 0 Å². The first-order valence-electron chi connectivity index (χ1n) is 16.1. The summed E-state index contributed by atoms with van der Waals surface area (Å²) >= 11 is 0. The van der Waals surface area contributed by atoms with E-state index in [0.29, 0.717) is 39.0 Å². The molecule has 45 heavy (non-hydrogen) atoms. The monoisotopic (exact) mass is 616 g/mol. The van der Waals surface area contributed by atoms with Crippen molar-refractivity contribution in [3.8, 4) is 0 Å². The molecule has 2 aliphatic heterocycles. The van der Waals surface area contributed by atoms with Gasteiger partial charge in [-0.25, -0.2) is 0 Å². The van der Waals surface area contributed by atoms with Crippen LogP contribution in [0.2, 0.25) is 0 Å². The van der Waals surface area contributed by atoms with Crippen LogP contribution in [0.25, 0.3) is 0 Å². The summed E-state index contributed by atoms with van der Waals surface area (Å²) in [5.74, 6) is -0.771. The van der Waals surface area contributed by atoms with Crippen LogP contribution in [0, 0.1) is 5.92 Å². The molecule has 10 nitrogen and oxygen atoms in total. The number of dihydropyridines is 1. The van der Waals surface area contributed by atoms with Crippen molar-refractivity contribution in [3.63, 3.8) is 0 Å². The van der Waals surface area contributed by atoms with E-state index in [2.05, 4.69) is 36.8 Å². The molecular weight excluding hydrogens is 568 g/mol. The second-order valence-electron chi connectivity index (χ2n) is 13.6. The van der Waals surface area contributed by atoms with Gasteiger partial charge in [0, 0.05) is 69.5 Å². The number of β-amino-alcohol motifs (C(OH)–C–C–N with tert-alkyl or cyclic N) is 1. The molecule has 1 aliphatic carbocycles. The van der Waals surface area contributed by atoms with Crippen LogP contribution in [0.1, 0.15) is 56.3 Å². The minimum Gasteiger partial charge on any atom is -0.392 e. The van der Waals surface area contributed by atoms with Crippen LogP contribution in [0.5, 0.6) is 0 Å². The Morgan fingerprint density at radius 3 is 2.71 bits per heavy atom. The summed E-state index contributed by atoms with van der Waals surface area (Å²) in [6.07, 6.45) is 9.18. The number of fused-ring (bicyclic) bond motifs is 1. The summed E-state index contributed by atoms with van der Waals surface area (Å²) < 4.78 is 0. The number of pyridine rings is 1. The van der Waals surface area contributed by atoms with Crippen LogP contribution >= 0.6 is 0 Å². The molecule has 0 saturated carbocycles. The Balaban J connectivity index is 1.28. The maximum atomic E-state index is 13.8. The van der Waals surface area contributed by atoms with Crippen LogP contribution in [-0.4, -0.2) is 93.3 Å². The molecule has 1 aromatic carbocycles. The number of benzene rings is 1. The van der Waals surface area contributed by atoms with Gasteiger partial charge in [0.25, 0.3) is 0 Å². The number of hydrogen-bond donors (Lipinski definition) is 5. The van der Waals surface area contributed by atoms with E-state index in [1.165, 1.54) is 0 Å². The van der Waals surface area contributed by atoms with E-state index in [-0.39, 0.29) is 24.8 Å². The molecule has 5 rings (SSSR count). The lowest BCUT2D eigenvalue weighted by molar-refractivity contribution is -0.132. The van der Waals surface area contributed by atoms with Crippen LogP contribution < -0.4 is 16.0 Å². The quantitative estimate of drug-likeness (QED) is 0.260. The number of allylic oxidation sites excluding steroid dienone is 2.